The van der Waals surface area contributed by atoms with Crippen LogP contribution in [0.2, 0.25) is 0 Å². The van der Waals surface area contributed by atoms with Crippen LogP contribution < -0.4 is 21.6 Å². The van der Waals surface area contributed by atoms with Crippen LogP contribution in [0.25, 0.3) is 20.4 Å². The van der Waals surface area contributed by atoms with Gasteiger partial charge in [0.1, 0.15) is 44.5 Å². The molecule has 0 bridgehead atoms. The molecular weight excluding hydrogens is 739 g/mol. The van der Waals surface area contributed by atoms with Gasteiger partial charge in [-0.25, -0.2) is 29.7 Å². The third-order valence-corrected chi connectivity index (χ3v) is 9.16. The number of fused-ring (bicyclic) bond motifs is 2. The number of terminal acetylenes is 2. The molecule has 4 aromatic heterocycles. The molecule has 2 aromatic carbocycles. The lowest BCUT2D eigenvalue weighted by atomic mass is 10.2. The van der Waals surface area contributed by atoms with E-state index in [-0.39, 0.29) is 43.4 Å². The number of rotatable bonds is 14. The van der Waals surface area contributed by atoms with Gasteiger partial charge >= 0.3 is 0 Å². The first kappa shape index (κ1) is 38.8. The van der Waals surface area contributed by atoms with Gasteiger partial charge in [0, 0.05) is 34.3 Å². The van der Waals surface area contributed by atoms with Gasteiger partial charge in [-0.3, -0.25) is 19.3 Å². The molecule has 0 radical (unpaired) electrons. The van der Waals surface area contributed by atoms with Crippen LogP contribution in [0.3, 0.4) is 0 Å². The standard InChI is InChI=1S/C20H16FN3O3S.C18H14FN3O3S/c1-3-13-7-8-16(15(21)12-13)23-20-17(14-6-5-9-22-19(14)28-20)18(25)24-27-11-10-26-4-2;1-2-11-5-6-14(13(19)10-11)21-18-15(16(24)22-25-9-8-23)12-4-3-7-20-17(12)26-18/h1,4-9,12,23H,2,10-11H2,(H,24,25);1,3-7,10,21,23H,8-9H2,(H,22,24). The predicted molar refractivity (Wildman–Crippen MR) is 205 cm³/mol. The SMILES string of the molecule is C#Cc1ccc(Nc2sc3ncccc3c2C(=O)NOCCO)c(F)c1.C#Cc1ccc(Nc2sc3ncccc3c2C(=O)NOCCOC=C)c(F)c1. The van der Waals surface area contributed by atoms with Crippen molar-refractivity contribution in [2.75, 3.05) is 37.1 Å². The number of aromatic nitrogens is 2. The van der Waals surface area contributed by atoms with Crippen LogP contribution in [-0.2, 0) is 14.4 Å². The Labute approximate surface area is 315 Å². The molecule has 6 aromatic rings. The highest BCUT2D eigenvalue weighted by atomic mass is 32.1. The highest BCUT2D eigenvalue weighted by Gasteiger charge is 2.22. The van der Waals surface area contributed by atoms with Gasteiger partial charge in [0.15, 0.2) is 0 Å². The van der Waals surface area contributed by atoms with E-state index in [1.807, 2.05) is 0 Å². The molecule has 0 aliphatic rings. The number of carbonyl (C=O) groups excluding carboxylic acids is 2. The molecule has 5 N–H and O–H groups in total. The number of hydrogen-bond donors (Lipinski definition) is 5. The first-order chi connectivity index (χ1) is 26.3. The molecule has 0 saturated carbocycles. The van der Waals surface area contributed by atoms with E-state index in [0.717, 1.165) is 0 Å². The molecule has 0 spiro atoms. The third kappa shape index (κ3) is 9.52. The highest BCUT2D eigenvalue weighted by Crippen LogP contribution is 2.38. The van der Waals surface area contributed by atoms with Crippen molar-refractivity contribution >= 4 is 76.3 Å². The number of halogens is 2. The monoisotopic (exact) mass is 768 g/mol. The van der Waals surface area contributed by atoms with Crippen LogP contribution in [0.4, 0.5) is 30.2 Å². The summed E-state index contributed by atoms with van der Waals surface area (Å²) in [5.41, 5.74) is 6.41. The number of aliphatic hydroxyl groups excluding tert-OH is 1. The Bertz CT molecular complexity index is 2390. The van der Waals surface area contributed by atoms with Crippen molar-refractivity contribution in [3.8, 4) is 24.7 Å². The van der Waals surface area contributed by atoms with Crippen molar-refractivity contribution in [3.63, 3.8) is 0 Å². The van der Waals surface area contributed by atoms with Gasteiger partial charge in [0.05, 0.1) is 42.0 Å². The van der Waals surface area contributed by atoms with Crippen molar-refractivity contribution in [1.82, 2.24) is 20.9 Å². The van der Waals surface area contributed by atoms with Crippen LogP contribution >= 0.6 is 22.7 Å². The van der Waals surface area contributed by atoms with Gasteiger partial charge in [-0.05, 0) is 60.7 Å². The number of carbonyl (C=O) groups is 2. The summed E-state index contributed by atoms with van der Waals surface area (Å²) in [4.78, 5) is 44.9. The van der Waals surface area contributed by atoms with Crippen LogP contribution in [-0.4, -0.2) is 53.3 Å². The van der Waals surface area contributed by atoms with Crippen molar-refractivity contribution in [3.05, 3.63) is 120 Å². The summed E-state index contributed by atoms with van der Waals surface area (Å²) in [6.07, 6.45) is 15.1. The molecule has 6 rings (SSSR count). The summed E-state index contributed by atoms with van der Waals surface area (Å²) < 4.78 is 33.5. The molecule has 12 nitrogen and oxygen atoms in total. The van der Waals surface area contributed by atoms with Gasteiger partial charge in [0.2, 0.25) is 0 Å². The number of ether oxygens (including phenoxy) is 1. The molecular formula is C38H30F2N6O6S2. The van der Waals surface area contributed by atoms with E-state index in [1.54, 1.807) is 48.8 Å². The maximum atomic E-state index is 14.3. The van der Waals surface area contributed by atoms with Gasteiger partial charge in [0.25, 0.3) is 11.8 Å². The van der Waals surface area contributed by atoms with Crippen LogP contribution in [0.5, 0.6) is 0 Å². The summed E-state index contributed by atoms with van der Waals surface area (Å²) in [7, 11) is 0. The first-order valence-electron chi connectivity index (χ1n) is 15.8. The Kier molecular flexibility index (Phi) is 13.6. The number of benzene rings is 2. The molecule has 0 saturated heterocycles. The molecule has 0 unspecified atom stereocenters. The fourth-order valence-electron chi connectivity index (χ4n) is 4.70. The van der Waals surface area contributed by atoms with E-state index >= 15 is 0 Å². The minimum atomic E-state index is -0.534. The quantitative estimate of drug-likeness (QED) is 0.0346. The van der Waals surface area contributed by atoms with E-state index in [9.17, 15) is 18.4 Å². The number of thiophene rings is 2. The highest BCUT2D eigenvalue weighted by molar-refractivity contribution is 7.23. The first-order valence-corrected chi connectivity index (χ1v) is 17.4. The predicted octanol–water partition coefficient (Wildman–Crippen LogP) is 6.80. The summed E-state index contributed by atoms with van der Waals surface area (Å²) in [5.74, 6) is 2.67. The second-order valence-electron chi connectivity index (χ2n) is 10.6. The average molecular weight is 769 g/mol. The van der Waals surface area contributed by atoms with Crippen LogP contribution in [0.15, 0.2) is 85.9 Å². The zero-order chi connectivity index (χ0) is 38.5. The normalized spacial score (nSPS) is 10.4. The number of nitrogens with zero attached hydrogens (tertiary/aromatic N) is 2. The zero-order valence-corrected chi connectivity index (χ0v) is 29.8. The topological polar surface area (TPSA) is 156 Å². The van der Waals surface area contributed by atoms with Gasteiger partial charge in [-0.15, -0.1) is 12.8 Å². The Hall–Kier alpha value is -6.40. The number of pyridine rings is 2. The van der Waals surface area contributed by atoms with Crippen molar-refractivity contribution in [2.45, 2.75) is 0 Å². The summed E-state index contributed by atoms with van der Waals surface area (Å²) in [5, 5.41) is 16.7. The number of hydrogen-bond acceptors (Lipinski definition) is 12. The minimum absolute atomic E-state index is 0.0446. The minimum Gasteiger partial charge on any atom is -0.499 e. The van der Waals surface area contributed by atoms with Crippen LogP contribution in [0, 0.1) is 36.3 Å². The number of aliphatic hydroxyl groups is 1. The number of nitrogens with one attached hydrogen (secondary N) is 4. The fraction of sp³-hybridized carbons (Fsp3) is 0.105. The molecule has 2 amide bonds. The molecule has 0 aliphatic heterocycles. The second kappa shape index (κ2) is 18.9. The van der Waals surface area contributed by atoms with Crippen molar-refractivity contribution < 1.29 is 37.9 Å². The van der Waals surface area contributed by atoms with E-state index in [1.165, 1.54) is 53.2 Å². The largest absolute Gasteiger partial charge is 0.499 e. The van der Waals surface area contributed by atoms with Gasteiger partial charge in [-0.2, -0.15) is 0 Å². The number of amides is 2. The van der Waals surface area contributed by atoms with Crippen LogP contribution in [0.1, 0.15) is 31.8 Å². The van der Waals surface area contributed by atoms with Gasteiger partial charge < -0.3 is 20.5 Å². The fourth-order valence-corrected chi connectivity index (χ4v) is 6.81. The lowest BCUT2D eigenvalue weighted by Crippen LogP contribution is -2.25. The smallest absolute Gasteiger partial charge is 0.278 e. The second-order valence-corrected chi connectivity index (χ2v) is 12.6. The Balaban J connectivity index is 0.000000208. The van der Waals surface area contributed by atoms with E-state index in [4.69, 9.17) is 32.4 Å². The zero-order valence-electron chi connectivity index (χ0n) is 28.2. The number of anilines is 4. The van der Waals surface area contributed by atoms with E-state index in [2.05, 4.69) is 50.0 Å². The van der Waals surface area contributed by atoms with Gasteiger partial charge in [-0.1, -0.05) is 41.1 Å². The van der Waals surface area contributed by atoms with Crippen molar-refractivity contribution in [1.29, 1.82) is 0 Å². The lowest BCUT2D eigenvalue weighted by molar-refractivity contribution is 0.0146. The molecule has 4 heterocycles. The number of hydroxylamine groups is 2. The molecule has 0 aliphatic carbocycles. The summed E-state index contributed by atoms with van der Waals surface area (Å²) in [6, 6.07) is 15.6. The Morgan fingerprint density at radius 3 is 1.69 bits per heavy atom. The average Bonchev–Trinajstić information content (AvgIpc) is 3.74. The van der Waals surface area contributed by atoms with E-state index < -0.39 is 23.4 Å². The summed E-state index contributed by atoms with van der Waals surface area (Å²) in [6.45, 7) is 3.53. The molecule has 54 heavy (non-hydrogen) atoms. The molecule has 0 fully saturated rings. The molecule has 0 atom stereocenters. The summed E-state index contributed by atoms with van der Waals surface area (Å²) >= 11 is 2.44. The molecule has 16 heteroatoms. The maximum absolute atomic E-state index is 14.3. The third-order valence-electron chi connectivity index (χ3n) is 7.10. The maximum Gasteiger partial charge on any atom is 0.278 e. The Morgan fingerprint density at radius 2 is 1.26 bits per heavy atom. The lowest BCUT2D eigenvalue weighted by Gasteiger charge is -2.10. The Morgan fingerprint density at radius 1 is 0.778 bits per heavy atom. The van der Waals surface area contributed by atoms with Crippen molar-refractivity contribution in [2.24, 2.45) is 0 Å². The molecule has 274 valence electrons. The van der Waals surface area contributed by atoms with E-state index in [0.29, 0.717) is 47.1 Å².